The lowest BCUT2D eigenvalue weighted by Gasteiger charge is -2.27. The molecule has 2 aromatic rings. The fourth-order valence-corrected chi connectivity index (χ4v) is 2.98. The number of benzene rings is 1. The van der Waals surface area contributed by atoms with Crippen LogP contribution in [0.4, 0.5) is 0 Å². The Labute approximate surface area is 117 Å². The van der Waals surface area contributed by atoms with Crippen LogP contribution < -0.4 is 0 Å². The second-order valence-corrected chi connectivity index (χ2v) is 5.40. The summed E-state index contributed by atoms with van der Waals surface area (Å²) >= 11 is 0. The van der Waals surface area contributed by atoms with Gasteiger partial charge in [-0.3, -0.25) is 9.59 Å². The zero-order valence-corrected chi connectivity index (χ0v) is 11.6. The number of fused-ring (bicyclic) bond motifs is 1. The van der Waals surface area contributed by atoms with Gasteiger partial charge in [0.2, 0.25) is 0 Å². The Kier molecular flexibility index (Phi) is 3.05. The molecule has 3 rings (SSSR count). The summed E-state index contributed by atoms with van der Waals surface area (Å²) in [6, 6.07) is 9.22. The van der Waals surface area contributed by atoms with E-state index in [0.717, 1.165) is 5.56 Å². The van der Waals surface area contributed by atoms with E-state index in [9.17, 15) is 9.59 Å². The van der Waals surface area contributed by atoms with E-state index < -0.39 is 5.92 Å². The van der Waals surface area contributed by atoms with Gasteiger partial charge >= 0.3 is 0 Å². The molecule has 102 valence electrons. The van der Waals surface area contributed by atoms with Gasteiger partial charge in [-0.05, 0) is 30.9 Å². The van der Waals surface area contributed by atoms with Gasteiger partial charge in [-0.25, -0.2) is 0 Å². The van der Waals surface area contributed by atoms with E-state index in [-0.39, 0.29) is 17.5 Å². The van der Waals surface area contributed by atoms with E-state index in [1.807, 2.05) is 24.3 Å². The molecule has 0 aliphatic heterocycles. The summed E-state index contributed by atoms with van der Waals surface area (Å²) in [6.07, 6.45) is 2.06. The predicted molar refractivity (Wildman–Crippen MR) is 75.1 cm³/mol. The van der Waals surface area contributed by atoms with Gasteiger partial charge < -0.3 is 4.42 Å². The number of carbonyl (C=O) groups excluding carboxylic acids is 2. The Hall–Kier alpha value is -2.16. The van der Waals surface area contributed by atoms with Crippen molar-refractivity contribution in [3.05, 3.63) is 59.0 Å². The minimum Gasteiger partial charge on any atom is -0.469 e. The third kappa shape index (κ3) is 1.90. The van der Waals surface area contributed by atoms with Crippen LogP contribution in [-0.2, 0) is 0 Å². The smallest absolute Gasteiger partial charge is 0.177 e. The molecule has 0 bridgehead atoms. The number of Topliss-reactive ketones (excluding diaryl/α,β-unsaturated/α-hetero) is 2. The molecule has 1 aromatic carbocycles. The molecule has 0 spiro atoms. The third-order valence-corrected chi connectivity index (χ3v) is 4.10. The highest BCUT2D eigenvalue weighted by atomic mass is 16.3. The Balaban J connectivity index is 2.00. The normalized spacial score (nSPS) is 21.6. The number of hydrogen-bond donors (Lipinski definition) is 0. The molecule has 0 fully saturated rings. The molecule has 0 saturated carbocycles. The number of rotatable bonds is 2. The molecule has 0 amide bonds. The van der Waals surface area contributed by atoms with E-state index in [2.05, 4.69) is 6.92 Å². The lowest BCUT2D eigenvalue weighted by Crippen LogP contribution is -2.31. The predicted octanol–water partition coefficient (Wildman–Crippen LogP) is 3.78. The van der Waals surface area contributed by atoms with Crippen LogP contribution in [0, 0.1) is 12.8 Å². The molecule has 1 aliphatic carbocycles. The van der Waals surface area contributed by atoms with Gasteiger partial charge in [0.25, 0.3) is 0 Å². The fourth-order valence-electron chi connectivity index (χ4n) is 2.98. The Morgan fingerprint density at radius 3 is 2.70 bits per heavy atom. The van der Waals surface area contributed by atoms with Crippen LogP contribution in [-0.4, -0.2) is 11.6 Å². The first-order chi connectivity index (χ1) is 9.59. The van der Waals surface area contributed by atoms with E-state index >= 15 is 0 Å². The molecule has 2 atom stereocenters. The molecule has 20 heavy (non-hydrogen) atoms. The number of furan rings is 1. The topological polar surface area (TPSA) is 47.3 Å². The zero-order valence-electron chi connectivity index (χ0n) is 11.6. The highest BCUT2D eigenvalue weighted by Crippen LogP contribution is 2.36. The maximum atomic E-state index is 12.6. The van der Waals surface area contributed by atoms with Crippen LogP contribution in [0.3, 0.4) is 0 Å². The lowest BCUT2D eigenvalue weighted by molar-refractivity contribution is 0.0781. The molecule has 0 saturated heterocycles. The fraction of sp³-hybridized carbons (Fsp3) is 0.294. The molecular weight excluding hydrogens is 252 g/mol. The van der Waals surface area contributed by atoms with Gasteiger partial charge in [-0.15, -0.1) is 0 Å². The van der Waals surface area contributed by atoms with E-state index in [1.54, 1.807) is 13.0 Å². The van der Waals surface area contributed by atoms with Crippen molar-refractivity contribution in [2.75, 3.05) is 0 Å². The lowest BCUT2D eigenvalue weighted by atomic mass is 9.74. The molecule has 3 heteroatoms. The second kappa shape index (κ2) is 4.75. The van der Waals surface area contributed by atoms with Crippen molar-refractivity contribution in [3.63, 3.8) is 0 Å². The summed E-state index contributed by atoms with van der Waals surface area (Å²) in [5.74, 6) is 0.0162. The van der Waals surface area contributed by atoms with Crippen molar-refractivity contribution in [3.8, 4) is 0 Å². The Bertz CT molecular complexity index is 681. The van der Waals surface area contributed by atoms with Gasteiger partial charge in [0.05, 0.1) is 17.7 Å². The standard InChI is InChI=1S/C17H16O3/c1-10-9-15(16(18)13-7-8-20-11(13)2)17(19)14-6-4-3-5-12(10)14/h3-8,10,15H,9H2,1-2H3. The van der Waals surface area contributed by atoms with Gasteiger partial charge in [-0.1, -0.05) is 31.2 Å². The molecule has 0 N–H and O–H groups in total. The SMILES string of the molecule is Cc1occc1C(=O)C1CC(C)c2ccccc2C1=O. The molecule has 1 aromatic heterocycles. The summed E-state index contributed by atoms with van der Waals surface area (Å²) < 4.78 is 5.18. The van der Waals surface area contributed by atoms with Gasteiger partial charge in [0.1, 0.15) is 5.76 Å². The minimum absolute atomic E-state index is 0.0655. The number of aryl methyl sites for hydroxylation is 1. The van der Waals surface area contributed by atoms with Crippen molar-refractivity contribution in [1.82, 2.24) is 0 Å². The van der Waals surface area contributed by atoms with Gasteiger partial charge in [0.15, 0.2) is 11.6 Å². The van der Waals surface area contributed by atoms with Crippen molar-refractivity contribution in [1.29, 1.82) is 0 Å². The summed E-state index contributed by atoms with van der Waals surface area (Å²) in [6.45, 7) is 3.81. The van der Waals surface area contributed by atoms with Crippen LogP contribution in [0.2, 0.25) is 0 Å². The first-order valence-electron chi connectivity index (χ1n) is 6.81. The van der Waals surface area contributed by atoms with Crippen LogP contribution in [0.15, 0.2) is 41.0 Å². The largest absolute Gasteiger partial charge is 0.469 e. The first kappa shape index (κ1) is 12.9. The molecule has 1 heterocycles. The van der Waals surface area contributed by atoms with Crippen molar-refractivity contribution in [2.45, 2.75) is 26.2 Å². The van der Waals surface area contributed by atoms with Gasteiger partial charge in [0, 0.05) is 5.56 Å². The second-order valence-electron chi connectivity index (χ2n) is 5.40. The van der Waals surface area contributed by atoms with Crippen molar-refractivity contribution >= 4 is 11.6 Å². The zero-order chi connectivity index (χ0) is 14.3. The summed E-state index contributed by atoms with van der Waals surface area (Å²) in [5.41, 5.74) is 2.26. The van der Waals surface area contributed by atoms with Gasteiger partial charge in [-0.2, -0.15) is 0 Å². The molecule has 1 aliphatic rings. The first-order valence-corrected chi connectivity index (χ1v) is 6.81. The Morgan fingerprint density at radius 1 is 1.25 bits per heavy atom. The third-order valence-electron chi connectivity index (χ3n) is 4.10. The average molecular weight is 268 g/mol. The highest BCUT2D eigenvalue weighted by Gasteiger charge is 2.37. The van der Waals surface area contributed by atoms with Crippen molar-refractivity contribution < 1.29 is 14.0 Å². The highest BCUT2D eigenvalue weighted by molar-refractivity contribution is 6.17. The molecule has 2 unspecified atom stereocenters. The van der Waals surface area contributed by atoms with Crippen LogP contribution >= 0.6 is 0 Å². The number of ketones is 2. The van der Waals surface area contributed by atoms with Crippen LogP contribution in [0.5, 0.6) is 0 Å². The number of carbonyl (C=O) groups is 2. The van der Waals surface area contributed by atoms with E-state index in [4.69, 9.17) is 4.42 Å². The molecule has 3 nitrogen and oxygen atoms in total. The van der Waals surface area contributed by atoms with Crippen LogP contribution in [0.1, 0.15) is 51.3 Å². The van der Waals surface area contributed by atoms with Crippen molar-refractivity contribution in [2.24, 2.45) is 5.92 Å². The number of hydrogen-bond acceptors (Lipinski definition) is 3. The van der Waals surface area contributed by atoms with E-state index in [1.165, 1.54) is 6.26 Å². The summed E-state index contributed by atoms with van der Waals surface area (Å²) in [4.78, 5) is 25.1. The average Bonchev–Trinajstić information content (AvgIpc) is 2.88. The quantitative estimate of drug-likeness (QED) is 0.615. The monoisotopic (exact) mass is 268 g/mol. The maximum Gasteiger partial charge on any atom is 0.177 e. The Morgan fingerprint density at radius 2 is 2.00 bits per heavy atom. The summed E-state index contributed by atoms with van der Waals surface area (Å²) in [7, 11) is 0. The summed E-state index contributed by atoms with van der Waals surface area (Å²) in [5, 5.41) is 0. The maximum absolute atomic E-state index is 12.6. The molecular formula is C17H16O3. The molecule has 0 radical (unpaired) electrons. The minimum atomic E-state index is -0.587. The van der Waals surface area contributed by atoms with Crippen LogP contribution in [0.25, 0.3) is 0 Å². The van der Waals surface area contributed by atoms with E-state index in [0.29, 0.717) is 23.3 Å².